The molecule has 0 heterocycles. The van der Waals surface area contributed by atoms with E-state index in [4.69, 9.17) is 5.73 Å². The van der Waals surface area contributed by atoms with Crippen molar-refractivity contribution in [1.82, 2.24) is 4.90 Å². The highest BCUT2D eigenvalue weighted by Crippen LogP contribution is 2.29. The molecule has 2 nitrogen and oxygen atoms in total. The van der Waals surface area contributed by atoms with Crippen LogP contribution in [0.1, 0.15) is 23.6 Å². The Morgan fingerprint density at radius 3 is 2.71 bits per heavy atom. The zero-order chi connectivity index (χ0) is 10.1. The maximum atomic E-state index is 6.25. The summed E-state index contributed by atoms with van der Waals surface area (Å²) in [6, 6.07) is 9.20. The van der Waals surface area contributed by atoms with E-state index in [-0.39, 0.29) is 6.04 Å². The Labute approximate surface area is 85.7 Å². The first kappa shape index (κ1) is 9.69. The van der Waals surface area contributed by atoms with Gasteiger partial charge in [-0.2, -0.15) is 0 Å². The van der Waals surface area contributed by atoms with E-state index in [1.54, 1.807) is 0 Å². The van der Waals surface area contributed by atoms with E-state index in [0.717, 1.165) is 6.42 Å². The van der Waals surface area contributed by atoms with Gasteiger partial charge in [0.25, 0.3) is 0 Å². The second-order valence-corrected chi connectivity index (χ2v) is 4.29. The standard InChI is InChI=1S/C12H18N2/c1-14(2)11-8-7-9-5-3-4-6-10(9)12(11)13/h3-6,11-12H,7-8,13H2,1-2H3/t11-,12-/m0/s1. The number of hydrogen-bond donors (Lipinski definition) is 1. The van der Waals surface area contributed by atoms with E-state index in [2.05, 4.69) is 43.3 Å². The Balaban J connectivity index is 2.31. The average molecular weight is 190 g/mol. The van der Waals surface area contributed by atoms with Crippen LogP contribution in [-0.2, 0) is 6.42 Å². The van der Waals surface area contributed by atoms with Crippen LogP contribution in [0.3, 0.4) is 0 Å². The smallest absolute Gasteiger partial charge is 0.0455 e. The molecule has 2 N–H and O–H groups in total. The molecular formula is C12H18N2. The lowest BCUT2D eigenvalue weighted by Crippen LogP contribution is -2.41. The van der Waals surface area contributed by atoms with E-state index < -0.39 is 0 Å². The number of hydrogen-bond acceptors (Lipinski definition) is 2. The molecular weight excluding hydrogens is 172 g/mol. The van der Waals surface area contributed by atoms with Crippen LogP contribution in [-0.4, -0.2) is 25.0 Å². The van der Waals surface area contributed by atoms with Gasteiger partial charge in [-0.05, 0) is 38.1 Å². The topological polar surface area (TPSA) is 29.3 Å². The van der Waals surface area contributed by atoms with Gasteiger partial charge in [0, 0.05) is 12.1 Å². The molecule has 0 radical (unpaired) electrons. The second-order valence-electron chi connectivity index (χ2n) is 4.29. The van der Waals surface area contributed by atoms with Crippen molar-refractivity contribution in [2.24, 2.45) is 5.73 Å². The van der Waals surface area contributed by atoms with Gasteiger partial charge >= 0.3 is 0 Å². The summed E-state index contributed by atoms with van der Waals surface area (Å²) in [6.07, 6.45) is 2.33. The van der Waals surface area contributed by atoms with Crippen LogP contribution >= 0.6 is 0 Å². The molecule has 1 aromatic carbocycles. The van der Waals surface area contributed by atoms with Gasteiger partial charge in [-0.15, -0.1) is 0 Å². The normalized spacial score (nSPS) is 26.3. The molecule has 1 aliphatic carbocycles. The molecule has 2 heteroatoms. The number of nitrogens with zero attached hydrogens (tertiary/aromatic N) is 1. The predicted molar refractivity (Wildman–Crippen MR) is 59.2 cm³/mol. The molecule has 0 saturated carbocycles. The van der Waals surface area contributed by atoms with Gasteiger partial charge in [-0.3, -0.25) is 0 Å². The van der Waals surface area contributed by atoms with Crippen molar-refractivity contribution >= 4 is 0 Å². The van der Waals surface area contributed by atoms with E-state index in [1.807, 2.05) is 0 Å². The van der Waals surface area contributed by atoms with Gasteiger partial charge < -0.3 is 10.6 Å². The largest absolute Gasteiger partial charge is 0.323 e. The fourth-order valence-corrected chi connectivity index (χ4v) is 2.36. The molecule has 76 valence electrons. The van der Waals surface area contributed by atoms with E-state index in [1.165, 1.54) is 17.5 Å². The molecule has 0 amide bonds. The third-order valence-electron chi connectivity index (χ3n) is 3.20. The fraction of sp³-hybridized carbons (Fsp3) is 0.500. The first-order valence-electron chi connectivity index (χ1n) is 5.20. The molecule has 0 spiro atoms. The molecule has 2 atom stereocenters. The number of benzene rings is 1. The minimum absolute atomic E-state index is 0.176. The maximum Gasteiger partial charge on any atom is 0.0455 e. The molecule has 0 saturated heterocycles. The Bertz CT molecular complexity index is 320. The van der Waals surface area contributed by atoms with Gasteiger partial charge in [0.1, 0.15) is 0 Å². The third-order valence-corrected chi connectivity index (χ3v) is 3.20. The van der Waals surface area contributed by atoms with Crippen LogP contribution < -0.4 is 5.73 Å². The second kappa shape index (κ2) is 3.71. The Hall–Kier alpha value is -0.860. The van der Waals surface area contributed by atoms with E-state index in [9.17, 15) is 0 Å². The van der Waals surface area contributed by atoms with Crippen LogP contribution in [0.25, 0.3) is 0 Å². The van der Waals surface area contributed by atoms with Gasteiger partial charge in [0.05, 0.1) is 0 Å². The number of aryl methyl sites for hydroxylation is 1. The third kappa shape index (κ3) is 1.56. The van der Waals surface area contributed by atoms with Crippen LogP contribution in [0.15, 0.2) is 24.3 Å². The lowest BCUT2D eigenvalue weighted by molar-refractivity contribution is 0.231. The van der Waals surface area contributed by atoms with Crippen molar-refractivity contribution in [3.05, 3.63) is 35.4 Å². The Kier molecular flexibility index (Phi) is 2.57. The van der Waals surface area contributed by atoms with Crippen molar-refractivity contribution in [2.75, 3.05) is 14.1 Å². The van der Waals surface area contributed by atoms with E-state index >= 15 is 0 Å². The fourth-order valence-electron chi connectivity index (χ4n) is 2.36. The highest BCUT2D eigenvalue weighted by molar-refractivity contribution is 5.33. The summed E-state index contributed by atoms with van der Waals surface area (Å²) in [5, 5.41) is 0. The highest BCUT2D eigenvalue weighted by atomic mass is 15.1. The molecule has 1 aliphatic rings. The summed E-state index contributed by atoms with van der Waals surface area (Å²) >= 11 is 0. The van der Waals surface area contributed by atoms with Gasteiger partial charge in [0.2, 0.25) is 0 Å². The average Bonchev–Trinajstić information content (AvgIpc) is 2.18. The SMILES string of the molecule is CN(C)[C@H]1CCc2ccccc2[C@@H]1N. The minimum Gasteiger partial charge on any atom is -0.323 e. The summed E-state index contributed by atoms with van der Waals surface area (Å²) in [5.41, 5.74) is 9.01. The molecule has 0 bridgehead atoms. The maximum absolute atomic E-state index is 6.25. The summed E-state index contributed by atoms with van der Waals surface area (Å²) in [5.74, 6) is 0. The lowest BCUT2D eigenvalue weighted by Gasteiger charge is -2.35. The lowest BCUT2D eigenvalue weighted by atomic mass is 9.84. The van der Waals surface area contributed by atoms with Crippen molar-refractivity contribution in [3.63, 3.8) is 0 Å². The van der Waals surface area contributed by atoms with E-state index in [0.29, 0.717) is 6.04 Å². The number of nitrogens with two attached hydrogens (primary N) is 1. The zero-order valence-electron chi connectivity index (χ0n) is 8.90. The Morgan fingerprint density at radius 1 is 1.29 bits per heavy atom. The molecule has 0 aliphatic heterocycles. The quantitative estimate of drug-likeness (QED) is 0.728. The van der Waals surface area contributed by atoms with Crippen molar-refractivity contribution in [2.45, 2.75) is 24.9 Å². The monoisotopic (exact) mass is 190 g/mol. The van der Waals surface area contributed by atoms with Crippen molar-refractivity contribution < 1.29 is 0 Å². The van der Waals surface area contributed by atoms with Crippen LogP contribution in [0.4, 0.5) is 0 Å². The number of rotatable bonds is 1. The molecule has 14 heavy (non-hydrogen) atoms. The zero-order valence-corrected chi connectivity index (χ0v) is 8.90. The molecule has 0 fully saturated rings. The van der Waals surface area contributed by atoms with Gasteiger partial charge in [0.15, 0.2) is 0 Å². The predicted octanol–water partition coefficient (Wildman–Crippen LogP) is 1.56. The van der Waals surface area contributed by atoms with Crippen molar-refractivity contribution in [3.8, 4) is 0 Å². The van der Waals surface area contributed by atoms with Crippen LogP contribution in [0.5, 0.6) is 0 Å². The highest BCUT2D eigenvalue weighted by Gasteiger charge is 2.27. The first-order chi connectivity index (χ1) is 6.70. The molecule has 1 aromatic rings. The minimum atomic E-state index is 0.176. The van der Waals surface area contributed by atoms with Gasteiger partial charge in [-0.1, -0.05) is 24.3 Å². The van der Waals surface area contributed by atoms with Gasteiger partial charge in [-0.25, -0.2) is 0 Å². The summed E-state index contributed by atoms with van der Waals surface area (Å²) < 4.78 is 0. The van der Waals surface area contributed by atoms with Crippen LogP contribution in [0.2, 0.25) is 0 Å². The number of likely N-dealkylation sites (N-methyl/N-ethyl adjacent to an activating group) is 1. The summed E-state index contributed by atoms with van der Waals surface area (Å²) in [4.78, 5) is 2.24. The number of fused-ring (bicyclic) bond motifs is 1. The molecule has 0 aromatic heterocycles. The van der Waals surface area contributed by atoms with Crippen molar-refractivity contribution in [1.29, 1.82) is 0 Å². The van der Waals surface area contributed by atoms with Crippen LogP contribution in [0, 0.1) is 0 Å². The first-order valence-corrected chi connectivity index (χ1v) is 5.20. The summed E-state index contributed by atoms with van der Waals surface area (Å²) in [7, 11) is 4.22. The Morgan fingerprint density at radius 2 is 2.00 bits per heavy atom. The molecule has 0 unspecified atom stereocenters. The summed E-state index contributed by atoms with van der Waals surface area (Å²) in [6.45, 7) is 0. The molecule has 2 rings (SSSR count).